The molecule has 3 N–H and O–H groups in total. The van der Waals surface area contributed by atoms with Gasteiger partial charge in [-0.3, -0.25) is 0 Å². The zero-order chi connectivity index (χ0) is 10.3. The fraction of sp³-hybridized carbons (Fsp3) is 1.00. The lowest BCUT2D eigenvalue weighted by molar-refractivity contribution is -0.115. The molecule has 13 heavy (non-hydrogen) atoms. The van der Waals surface area contributed by atoms with Crippen molar-refractivity contribution < 1.29 is 15.3 Å². The van der Waals surface area contributed by atoms with E-state index in [1.165, 1.54) is 0 Å². The van der Waals surface area contributed by atoms with Gasteiger partial charge in [0.1, 0.15) is 0 Å². The lowest BCUT2D eigenvalue weighted by Crippen LogP contribution is -2.47. The van der Waals surface area contributed by atoms with Crippen molar-refractivity contribution in [2.45, 2.75) is 57.3 Å². The smallest absolute Gasteiger partial charge is 0.0644 e. The molecule has 0 aliphatic heterocycles. The highest BCUT2D eigenvalue weighted by molar-refractivity contribution is 4.93. The number of aliphatic hydroxyl groups is 3. The summed E-state index contributed by atoms with van der Waals surface area (Å²) < 4.78 is 0. The Morgan fingerprint density at radius 3 is 2.31 bits per heavy atom. The van der Waals surface area contributed by atoms with Crippen LogP contribution < -0.4 is 0 Å². The van der Waals surface area contributed by atoms with E-state index >= 15 is 0 Å². The lowest BCUT2D eigenvalue weighted by Gasteiger charge is -2.42. The summed E-state index contributed by atoms with van der Waals surface area (Å²) in [6, 6.07) is 0. The molecule has 1 rings (SSSR count). The van der Waals surface area contributed by atoms with E-state index in [9.17, 15) is 15.3 Å². The van der Waals surface area contributed by atoms with Crippen LogP contribution in [0.4, 0.5) is 0 Å². The van der Waals surface area contributed by atoms with Crippen LogP contribution in [0, 0.1) is 5.92 Å². The molecule has 0 aromatic carbocycles. The summed E-state index contributed by atoms with van der Waals surface area (Å²) >= 11 is 0. The molecule has 3 atom stereocenters. The summed E-state index contributed by atoms with van der Waals surface area (Å²) in [5.41, 5.74) is -1.61. The normalized spacial score (nSPS) is 42.0. The standard InChI is InChI=1S/C10H20O3/c1-9(2,12)7-4-5-10(3,13)6-8(7)11/h7-8,11-13H,4-6H2,1-3H3/t7-,8+,10-/m1/s1. The van der Waals surface area contributed by atoms with Gasteiger partial charge in [0, 0.05) is 12.3 Å². The third-order valence-corrected chi connectivity index (χ3v) is 3.01. The van der Waals surface area contributed by atoms with Crippen molar-refractivity contribution in [1.29, 1.82) is 0 Å². The fourth-order valence-corrected chi connectivity index (χ4v) is 2.18. The van der Waals surface area contributed by atoms with E-state index in [1.54, 1.807) is 20.8 Å². The van der Waals surface area contributed by atoms with E-state index in [4.69, 9.17) is 0 Å². The second-order valence-corrected chi connectivity index (χ2v) is 5.07. The van der Waals surface area contributed by atoms with Gasteiger partial charge in [-0.2, -0.15) is 0 Å². The first-order chi connectivity index (χ1) is 5.72. The molecule has 0 radical (unpaired) electrons. The molecule has 0 saturated heterocycles. The number of rotatable bonds is 1. The van der Waals surface area contributed by atoms with E-state index in [-0.39, 0.29) is 5.92 Å². The van der Waals surface area contributed by atoms with Crippen LogP contribution in [-0.4, -0.2) is 32.6 Å². The van der Waals surface area contributed by atoms with Crippen molar-refractivity contribution in [2.24, 2.45) is 5.92 Å². The number of hydrogen-bond acceptors (Lipinski definition) is 3. The molecule has 0 bridgehead atoms. The van der Waals surface area contributed by atoms with E-state index in [1.807, 2.05) is 0 Å². The van der Waals surface area contributed by atoms with Gasteiger partial charge < -0.3 is 15.3 Å². The molecule has 3 heteroatoms. The maximum absolute atomic E-state index is 9.74. The van der Waals surface area contributed by atoms with Gasteiger partial charge in [-0.05, 0) is 33.6 Å². The summed E-state index contributed by atoms with van der Waals surface area (Å²) in [6.45, 7) is 5.15. The van der Waals surface area contributed by atoms with Gasteiger partial charge in [-0.25, -0.2) is 0 Å². The molecule has 1 aliphatic rings. The Morgan fingerprint density at radius 1 is 1.38 bits per heavy atom. The Labute approximate surface area is 79.4 Å². The van der Waals surface area contributed by atoms with Crippen LogP contribution in [0.2, 0.25) is 0 Å². The monoisotopic (exact) mass is 188 g/mol. The fourth-order valence-electron chi connectivity index (χ4n) is 2.18. The van der Waals surface area contributed by atoms with Gasteiger partial charge in [0.25, 0.3) is 0 Å². The summed E-state index contributed by atoms with van der Waals surface area (Å²) in [4.78, 5) is 0. The minimum Gasteiger partial charge on any atom is -0.393 e. The van der Waals surface area contributed by atoms with Crippen molar-refractivity contribution in [1.82, 2.24) is 0 Å². The second kappa shape index (κ2) is 3.23. The minimum absolute atomic E-state index is 0.118. The van der Waals surface area contributed by atoms with E-state index in [0.29, 0.717) is 19.3 Å². The van der Waals surface area contributed by atoms with Gasteiger partial charge in [0.05, 0.1) is 17.3 Å². The first-order valence-corrected chi connectivity index (χ1v) is 4.85. The Balaban J connectivity index is 2.64. The quantitative estimate of drug-likeness (QED) is 0.567. The largest absolute Gasteiger partial charge is 0.393 e. The summed E-state index contributed by atoms with van der Waals surface area (Å²) in [5.74, 6) is -0.118. The Morgan fingerprint density at radius 2 is 1.92 bits per heavy atom. The second-order valence-electron chi connectivity index (χ2n) is 5.07. The van der Waals surface area contributed by atoms with Crippen molar-refractivity contribution in [3.63, 3.8) is 0 Å². The maximum Gasteiger partial charge on any atom is 0.0644 e. The Hall–Kier alpha value is -0.120. The molecule has 0 heterocycles. The predicted octanol–water partition coefficient (Wildman–Crippen LogP) is 0.669. The van der Waals surface area contributed by atoms with Crippen LogP contribution in [0.15, 0.2) is 0 Å². The van der Waals surface area contributed by atoms with E-state index < -0.39 is 17.3 Å². The zero-order valence-electron chi connectivity index (χ0n) is 8.62. The predicted molar refractivity (Wildman–Crippen MR) is 50.3 cm³/mol. The molecule has 0 aromatic rings. The molecule has 3 nitrogen and oxygen atoms in total. The maximum atomic E-state index is 9.74. The first-order valence-electron chi connectivity index (χ1n) is 4.85. The van der Waals surface area contributed by atoms with Crippen LogP contribution in [0.1, 0.15) is 40.0 Å². The third-order valence-electron chi connectivity index (χ3n) is 3.01. The first kappa shape index (κ1) is 11.0. The van der Waals surface area contributed by atoms with Gasteiger partial charge in [-0.15, -0.1) is 0 Å². The number of hydrogen-bond donors (Lipinski definition) is 3. The Kier molecular flexibility index (Phi) is 2.72. The van der Waals surface area contributed by atoms with Gasteiger partial charge in [0.2, 0.25) is 0 Å². The van der Waals surface area contributed by atoms with Crippen molar-refractivity contribution in [2.75, 3.05) is 0 Å². The average Bonchev–Trinajstić information content (AvgIpc) is 1.80. The molecule has 0 spiro atoms. The van der Waals surface area contributed by atoms with Crippen molar-refractivity contribution >= 4 is 0 Å². The lowest BCUT2D eigenvalue weighted by atomic mass is 9.71. The van der Waals surface area contributed by atoms with Crippen molar-refractivity contribution in [3.8, 4) is 0 Å². The molecule has 0 aromatic heterocycles. The highest BCUT2D eigenvalue weighted by Crippen LogP contribution is 2.37. The average molecular weight is 188 g/mol. The molecule has 1 saturated carbocycles. The third kappa shape index (κ3) is 2.66. The highest BCUT2D eigenvalue weighted by atomic mass is 16.3. The molecule has 0 unspecified atom stereocenters. The molecule has 78 valence electrons. The topological polar surface area (TPSA) is 60.7 Å². The Bertz CT molecular complexity index is 181. The summed E-state index contributed by atoms with van der Waals surface area (Å²) in [6.07, 6.45) is 1.10. The van der Waals surface area contributed by atoms with Gasteiger partial charge in [0.15, 0.2) is 0 Å². The van der Waals surface area contributed by atoms with Crippen LogP contribution >= 0.6 is 0 Å². The summed E-state index contributed by atoms with van der Waals surface area (Å²) in [5, 5.41) is 29.1. The molecule has 1 fully saturated rings. The molecule has 1 aliphatic carbocycles. The van der Waals surface area contributed by atoms with Gasteiger partial charge in [-0.1, -0.05) is 0 Å². The minimum atomic E-state index is -0.851. The van der Waals surface area contributed by atoms with Crippen LogP contribution in [0.25, 0.3) is 0 Å². The molecular weight excluding hydrogens is 168 g/mol. The van der Waals surface area contributed by atoms with Gasteiger partial charge >= 0.3 is 0 Å². The van der Waals surface area contributed by atoms with Crippen LogP contribution in [-0.2, 0) is 0 Å². The van der Waals surface area contributed by atoms with E-state index in [2.05, 4.69) is 0 Å². The summed E-state index contributed by atoms with van der Waals surface area (Å²) in [7, 11) is 0. The van der Waals surface area contributed by atoms with Crippen molar-refractivity contribution in [3.05, 3.63) is 0 Å². The molecule has 0 amide bonds. The zero-order valence-corrected chi connectivity index (χ0v) is 8.62. The highest BCUT2D eigenvalue weighted by Gasteiger charge is 2.41. The van der Waals surface area contributed by atoms with Crippen LogP contribution in [0.3, 0.4) is 0 Å². The number of aliphatic hydroxyl groups excluding tert-OH is 1. The SMILES string of the molecule is CC(C)(O)[C@@H]1CC[C@@](C)(O)C[C@@H]1O. The van der Waals surface area contributed by atoms with E-state index in [0.717, 1.165) is 0 Å². The molecular formula is C10H20O3. The van der Waals surface area contributed by atoms with Crippen LogP contribution in [0.5, 0.6) is 0 Å².